The first-order valence-corrected chi connectivity index (χ1v) is 9.14. The van der Waals surface area contributed by atoms with E-state index in [1.165, 1.54) is 35.8 Å². The van der Waals surface area contributed by atoms with E-state index in [0.29, 0.717) is 5.56 Å². The van der Waals surface area contributed by atoms with Crippen molar-refractivity contribution in [2.45, 2.75) is 26.3 Å². The van der Waals surface area contributed by atoms with Crippen molar-refractivity contribution in [3.8, 4) is 0 Å². The Labute approximate surface area is 160 Å². The Kier molecular flexibility index (Phi) is 7.18. The van der Waals surface area contributed by atoms with Crippen LogP contribution in [0.1, 0.15) is 24.3 Å². The summed E-state index contributed by atoms with van der Waals surface area (Å²) in [7, 11) is 0. The van der Waals surface area contributed by atoms with Crippen LogP contribution in [0.4, 0.5) is 5.69 Å². The van der Waals surface area contributed by atoms with Gasteiger partial charge < -0.3 is 5.32 Å². The van der Waals surface area contributed by atoms with Gasteiger partial charge >= 0.3 is 0 Å². The molecule has 2 amide bonds. The Bertz CT molecular complexity index is 834. The molecule has 0 spiro atoms. The maximum Gasteiger partial charge on any atom is 0.270 e. The molecule has 8 nitrogen and oxygen atoms in total. The normalized spacial score (nSPS) is 12.1. The fourth-order valence-corrected chi connectivity index (χ4v) is 2.99. The molecule has 2 rings (SSSR count). The Morgan fingerprint density at radius 1 is 1.30 bits per heavy atom. The molecular weight excluding hydrogens is 368 g/mol. The van der Waals surface area contributed by atoms with Gasteiger partial charge in [-0.2, -0.15) is 5.10 Å². The zero-order chi connectivity index (χ0) is 19.8. The van der Waals surface area contributed by atoms with E-state index in [9.17, 15) is 19.7 Å². The smallest absolute Gasteiger partial charge is 0.270 e. The van der Waals surface area contributed by atoms with E-state index in [0.717, 1.165) is 4.88 Å². The van der Waals surface area contributed by atoms with Crippen LogP contribution in [0.3, 0.4) is 0 Å². The second kappa shape index (κ2) is 9.58. The topological polar surface area (TPSA) is 114 Å². The monoisotopic (exact) mass is 388 g/mol. The van der Waals surface area contributed by atoms with E-state index in [-0.39, 0.29) is 23.9 Å². The molecule has 1 heterocycles. The van der Waals surface area contributed by atoms with E-state index in [1.54, 1.807) is 6.07 Å². The molecule has 0 aliphatic heterocycles. The molecule has 0 radical (unpaired) electrons. The summed E-state index contributed by atoms with van der Waals surface area (Å²) in [5.41, 5.74) is 2.79. The third-order valence-corrected chi connectivity index (χ3v) is 4.53. The van der Waals surface area contributed by atoms with Gasteiger partial charge in [0.2, 0.25) is 5.91 Å². The highest BCUT2D eigenvalue weighted by Gasteiger charge is 2.24. The number of carbonyl (C=O) groups excluding carboxylic acids is 2. The summed E-state index contributed by atoms with van der Waals surface area (Å²) in [6.45, 7) is 3.64. The SMILES string of the molecule is CC(C)[C@@H](NC(=O)Cc1cccs1)C(=O)NN=Cc1cccc([N+](=O)[O-])c1. The molecule has 2 aromatic rings. The fourth-order valence-electron chi connectivity index (χ4n) is 2.29. The van der Waals surface area contributed by atoms with Crippen LogP contribution >= 0.6 is 11.3 Å². The van der Waals surface area contributed by atoms with Gasteiger partial charge in [-0.1, -0.05) is 32.0 Å². The fraction of sp³-hybridized carbons (Fsp3) is 0.278. The average molecular weight is 388 g/mol. The molecule has 0 fully saturated rings. The number of rotatable bonds is 8. The molecule has 0 bridgehead atoms. The Morgan fingerprint density at radius 3 is 2.70 bits per heavy atom. The van der Waals surface area contributed by atoms with E-state index in [2.05, 4.69) is 15.8 Å². The van der Waals surface area contributed by atoms with Crippen molar-refractivity contribution in [1.82, 2.24) is 10.7 Å². The third-order valence-electron chi connectivity index (χ3n) is 3.65. The van der Waals surface area contributed by atoms with Crippen LogP contribution < -0.4 is 10.7 Å². The van der Waals surface area contributed by atoms with Crippen LogP contribution in [0.2, 0.25) is 0 Å². The zero-order valence-corrected chi connectivity index (χ0v) is 15.7. The summed E-state index contributed by atoms with van der Waals surface area (Å²) in [6, 6.07) is 8.86. The highest BCUT2D eigenvalue weighted by atomic mass is 32.1. The Hall–Kier alpha value is -3.07. The van der Waals surface area contributed by atoms with Crippen LogP contribution in [0, 0.1) is 16.0 Å². The van der Waals surface area contributed by atoms with Gasteiger partial charge in [0.15, 0.2) is 0 Å². The van der Waals surface area contributed by atoms with E-state index in [1.807, 2.05) is 31.4 Å². The molecule has 0 saturated heterocycles. The van der Waals surface area contributed by atoms with E-state index >= 15 is 0 Å². The summed E-state index contributed by atoms with van der Waals surface area (Å²) in [5.74, 6) is -0.828. The van der Waals surface area contributed by atoms with Crippen molar-refractivity contribution in [2.24, 2.45) is 11.0 Å². The van der Waals surface area contributed by atoms with Crippen LogP contribution in [0.15, 0.2) is 46.9 Å². The van der Waals surface area contributed by atoms with Crippen LogP contribution in [-0.4, -0.2) is 29.0 Å². The third kappa shape index (κ3) is 6.30. The van der Waals surface area contributed by atoms with Crippen molar-refractivity contribution in [3.63, 3.8) is 0 Å². The number of nitro groups is 1. The number of nitro benzene ring substituents is 1. The second-order valence-electron chi connectivity index (χ2n) is 6.13. The van der Waals surface area contributed by atoms with Gasteiger partial charge in [-0.3, -0.25) is 19.7 Å². The van der Waals surface area contributed by atoms with Crippen LogP contribution in [0.5, 0.6) is 0 Å². The Morgan fingerprint density at radius 2 is 2.07 bits per heavy atom. The number of hydrogen-bond donors (Lipinski definition) is 2. The van der Waals surface area contributed by atoms with Crippen molar-refractivity contribution >= 4 is 35.1 Å². The zero-order valence-electron chi connectivity index (χ0n) is 14.9. The van der Waals surface area contributed by atoms with Crippen LogP contribution in [0.25, 0.3) is 0 Å². The second-order valence-corrected chi connectivity index (χ2v) is 7.16. The van der Waals surface area contributed by atoms with Crippen molar-refractivity contribution in [3.05, 3.63) is 62.3 Å². The number of nitrogens with zero attached hydrogens (tertiary/aromatic N) is 2. The lowest BCUT2D eigenvalue weighted by atomic mass is 10.0. The number of thiophene rings is 1. The number of hydrazone groups is 1. The van der Waals surface area contributed by atoms with Crippen LogP contribution in [-0.2, 0) is 16.0 Å². The molecule has 9 heteroatoms. The number of nitrogens with one attached hydrogen (secondary N) is 2. The average Bonchev–Trinajstić information content (AvgIpc) is 3.12. The van der Waals surface area contributed by atoms with Crippen molar-refractivity contribution in [1.29, 1.82) is 0 Å². The standard InChI is InChI=1S/C18H20N4O4S/c1-12(2)17(20-16(23)10-15-7-4-8-27-15)18(24)21-19-11-13-5-3-6-14(9-13)22(25)26/h3-9,11-12,17H,10H2,1-2H3,(H,20,23)(H,21,24)/t17-/m1/s1. The van der Waals surface area contributed by atoms with Gasteiger partial charge in [0.1, 0.15) is 6.04 Å². The van der Waals surface area contributed by atoms with Gasteiger partial charge in [0.25, 0.3) is 11.6 Å². The molecule has 0 saturated carbocycles. The summed E-state index contributed by atoms with van der Waals surface area (Å²) >= 11 is 1.48. The lowest BCUT2D eigenvalue weighted by Gasteiger charge is -2.20. The first-order chi connectivity index (χ1) is 12.9. The predicted molar refractivity (Wildman–Crippen MR) is 104 cm³/mol. The molecule has 1 aromatic heterocycles. The molecule has 142 valence electrons. The first kappa shape index (κ1) is 20.2. The largest absolute Gasteiger partial charge is 0.344 e. The summed E-state index contributed by atoms with van der Waals surface area (Å²) < 4.78 is 0. The molecular formula is C18H20N4O4S. The quantitative estimate of drug-likeness (QED) is 0.411. The molecule has 1 aromatic carbocycles. The molecule has 27 heavy (non-hydrogen) atoms. The minimum absolute atomic E-state index is 0.0637. The predicted octanol–water partition coefficient (Wildman–Crippen LogP) is 2.49. The maximum absolute atomic E-state index is 12.3. The number of non-ortho nitro benzene ring substituents is 1. The minimum Gasteiger partial charge on any atom is -0.344 e. The number of amides is 2. The molecule has 0 aliphatic rings. The van der Waals surface area contributed by atoms with Gasteiger partial charge in [0, 0.05) is 22.6 Å². The lowest BCUT2D eigenvalue weighted by Crippen LogP contribution is -2.49. The van der Waals surface area contributed by atoms with E-state index in [4.69, 9.17) is 0 Å². The molecule has 0 unspecified atom stereocenters. The van der Waals surface area contributed by atoms with Crippen molar-refractivity contribution < 1.29 is 14.5 Å². The highest BCUT2D eigenvalue weighted by Crippen LogP contribution is 2.12. The van der Waals surface area contributed by atoms with Gasteiger partial charge in [-0.05, 0) is 17.4 Å². The van der Waals surface area contributed by atoms with Crippen molar-refractivity contribution in [2.75, 3.05) is 0 Å². The summed E-state index contributed by atoms with van der Waals surface area (Å²) in [4.78, 5) is 35.7. The molecule has 1 atom stereocenters. The van der Waals surface area contributed by atoms with Gasteiger partial charge in [-0.25, -0.2) is 5.43 Å². The van der Waals surface area contributed by atoms with E-state index < -0.39 is 16.9 Å². The lowest BCUT2D eigenvalue weighted by molar-refractivity contribution is -0.384. The number of carbonyl (C=O) groups is 2. The van der Waals surface area contributed by atoms with Gasteiger partial charge in [0.05, 0.1) is 17.6 Å². The summed E-state index contributed by atoms with van der Waals surface area (Å²) in [6.07, 6.45) is 1.53. The number of benzene rings is 1. The first-order valence-electron chi connectivity index (χ1n) is 8.26. The Balaban J connectivity index is 1.95. The highest BCUT2D eigenvalue weighted by molar-refractivity contribution is 7.10. The van der Waals surface area contributed by atoms with Gasteiger partial charge in [-0.15, -0.1) is 11.3 Å². The molecule has 2 N–H and O–H groups in total. The molecule has 0 aliphatic carbocycles. The number of hydrogen-bond acceptors (Lipinski definition) is 6. The summed E-state index contributed by atoms with van der Waals surface area (Å²) in [5, 5.41) is 19.2. The maximum atomic E-state index is 12.3. The minimum atomic E-state index is -0.736.